The lowest BCUT2D eigenvalue weighted by Gasteiger charge is -2.34. The second-order valence-corrected chi connectivity index (χ2v) is 16.8. The first-order valence-electron chi connectivity index (χ1n) is 13.3. The van der Waals surface area contributed by atoms with E-state index in [-0.39, 0.29) is 0 Å². The van der Waals surface area contributed by atoms with E-state index in [1.807, 2.05) is 0 Å². The normalized spacial score (nSPS) is 18.9. The molecular formula is C31H44Si. The summed E-state index contributed by atoms with van der Waals surface area (Å²) in [5.74, 6) is 0. The average Bonchev–Trinajstić information content (AvgIpc) is 3.21. The van der Waals surface area contributed by atoms with Crippen molar-refractivity contribution < 1.29 is 0 Å². The van der Waals surface area contributed by atoms with Gasteiger partial charge in [0.05, 0.1) is 8.07 Å². The van der Waals surface area contributed by atoms with E-state index in [4.69, 9.17) is 0 Å². The van der Waals surface area contributed by atoms with Crippen LogP contribution < -0.4 is 5.19 Å². The molecule has 0 aliphatic heterocycles. The number of hydrogen-bond acceptors (Lipinski definition) is 0. The lowest BCUT2D eigenvalue weighted by Crippen LogP contribution is -2.37. The van der Waals surface area contributed by atoms with Crippen molar-refractivity contribution in [1.29, 1.82) is 0 Å². The summed E-state index contributed by atoms with van der Waals surface area (Å²) in [7, 11) is -1.25. The zero-order valence-electron chi connectivity index (χ0n) is 21.1. The van der Waals surface area contributed by atoms with Crippen LogP contribution in [0.5, 0.6) is 0 Å². The third-order valence-corrected chi connectivity index (χ3v) is 10.1. The molecule has 0 N–H and O–H groups in total. The molecule has 0 radical (unpaired) electrons. The molecular weight excluding hydrogens is 400 g/mol. The van der Waals surface area contributed by atoms with Crippen molar-refractivity contribution in [3.05, 3.63) is 59.2 Å². The second-order valence-electron chi connectivity index (χ2n) is 11.7. The van der Waals surface area contributed by atoms with Gasteiger partial charge in [-0.05, 0) is 59.8 Å². The maximum absolute atomic E-state index is 2.58. The SMILES string of the molecule is CCCC1(CC2=Cc3c(cccc3-c3ccc([Si](C)(C)C)cc3)C2)CCCCCCCC1. The van der Waals surface area contributed by atoms with Crippen LogP contribution in [0.1, 0.15) is 88.7 Å². The summed E-state index contributed by atoms with van der Waals surface area (Å²) in [5.41, 5.74) is 8.09. The number of benzene rings is 2. The molecule has 2 aliphatic carbocycles. The monoisotopic (exact) mass is 444 g/mol. The summed E-state index contributed by atoms with van der Waals surface area (Å²) in [4.78, 5) is 0. The largest absolute Gasteiger partial charge is 0.0775 e. The topological polar surface area (TPSA) is 0 Å². The van der Waals surface area contributed by atoms with Crippen LogP contribution >= 0.6 is 0 Å². The highest BCUT2D eigenvalue weighted by Crippen LogP contribution is 2.46. The van der Waals surface area contributed by atoms with Crippen molar-refractivity contribution in [2.45, 2.75) is 104 Å². The first kappa shape index (κ1) is 23.6. The van der Waals surface area contributed by atoms with Gasteiger partial charge in [-0.25, -0.2) is 0 Å². The molecule has 32 heavy (non-hydrogen) atoms. The van der Waals surface area contributed by atoms with Gasteiger partial charge in [-0.2, -0.15) is 0 Å². The van der Waals surface area contributed by atoms with Crippen LogP contribution in [-0.4, -0.2) is 8.07 Å². The van der Waals surface area contributed by atoms with Gasteiger partial charge < -0.3 is 0 Å². The molecule has 172 valence electrons. The fourth-order valence-electron chi connectivity index (χ4n) is 6.31. The van der Waals surface area contributed by atoms with E-state index in [1.54, 1.807) is 16.3 Å². The Morgan fingerprint density at radius 1 is 0.812 bits per heavy atom. The third-order valence-electron chi connectivity index (χ3n) is 8.07. The van der Waals surface area contributed by atoms with E-state index >= 15 is 0 Å². The van der Waals surface area contributed by atoms with Gasteiger partial charge in [0.2, 0.25) is 0 Å². The molecule has 0 nitrogen and oxygen atoms in total. The molecule has 2 aliphatic rings. The minimum atomic E-state index is -1.25. The van der Waals surface area contributed by atoms with Gasteiger partial charge in [-0.3, -0.25) is 0 Å². The Labute approximate surface area is 198 Å². The molecule has 0 heterocycles. The maximum atomic E-state index is 2.58. The molecule has 1 heteroatoms. The van der Waals surface area contributed by atoms with Crippen LogP contribution in [-0.2, 0) is 6.42 Å². The van der Waals surface area contributed by atoms with E-state index < -0.39 is 8.07 Å². The van der Waals surface area contributed by atoms with Crippen molar-refractivity contribution in [2.75, 3.05) is 0 Å². The summed E-state index contributed by atoms with van der Waals surface area (Å²) >= 11 is 0. The van der Waals surface area contributed by atoms with Crippen LogP contribution in [0, 0.1) is 5.41 Å². The predicted octanol–water partition coefficient (Wildman–Crippen LogP) is 9.15. The zero-order chi connectivity index (χ0) is 22.6. The van der Waals surface area contributed by atoms with Gasteiger partial charge in [0.15, 0.2) is 0 Å². The summed E-state index contributed by atoms with van der Waals surface area (Å²) < 4.78 is 0. The first-order chi connectivity index (χ1) is 15.4. The number of hydrogen-bond donors (Lipinski definition) is 0. The van der Waals surface area contributed by atoms with Gasteiger partial charge >= 0.3 is 0 Å². The average molecular weight is 445 g/mol. The Morgan fingerprint density at radius 2 is 1.47 bits per heavy atom. The standard InChI is InChI=1S/C31H44Si/c1-5-19-31(20-10-8-6-7-9-11-21-31)24-25-22-27-13-12-14-29(30(27)23-25)26-15-17-28(18-16-26)32(2,3)4/h12-18,23H,5-11,19-22,24H2,1-4H3. The van der Waals surface area contributed by atoms with E-state index in [9.17, 15) is 0 Å². The van der Waals surface area contributed by atoms with Gasteiger partial charge in [0.1, 0.15) is 0 Å². The zero-order valence-corrected chi connectivity index (χ0v) is 22.1. The molecule has 2 aromatic carbocycles. The summed E-state index contributed by atoms with van der Waals surface area (Å²) in [6.07, 6.45) is 19.4. The van der Waals surface area contributed by atoms with E-state index in [2.05, 4.69) is 75.1 Å². The molecule has 1 saturated carbocycles. The van der Waals surface area contributed by atoms with Crippen molar-refractivity contribution >= 4 is 19.3 Å². The third kappa shape index (κ3) is 5.47. The van der Waals surface area contributed by atoms with E-state index in [0.29, 0.717) is 5.41 Å². The number of fused-ring (bicyclic) bond motifs is 1. The number of allylic oxidation sites excluding steroid dienone is 1. The molecule has 0 saturated heterocycles. The molecule has 0 unspecified atom stereocenters. The van der Waals surface area contributed by atoms with Crippen LogP contribution in [0.2, 0.25) is 19.6 Å². The smallest absolute Gasteiger partial charge is 0.0656 e. The Hall–Kier alpha value is -1.60. The lowest BCUT2D eigenvalue weighted by molar-refractivity contribution is 0.203. The van der Waals surface area contributed by atoms with Gasteiger partial charge in [0.25, 0.3) is 0 Å². The predicted molar refractivity (Wildman–Crippen MR) is 145 cm³/mol. The van der Waals surface area contributed by atoms with Crippen molar-refractivity contribution in [2.24, 2.45) is 5.41 Å². The molecule has 2 aromatic rings. The minimum absolute atomic E-state index is 0.548. The summed E-state index contributed by atoms with van der Waals surface area (Å²) in [6, 6.07) is 16.5. The Kier molecular flexibility index (Phi) is 7.45. The Bertz CT molecular complexity index is 916. The molecule has 0 atom stereocenters. The summed E-state index contributed by atoms with van der Waals surface area (Å²) in [5, 5.41) is 1.55. The fourth-order valence-corrected chi connectivity index (χ4v) is 7.48. The van der Waals surface area contributed by atoms with Crippen molar-refractivity contribution in [3.8, 4) is 11.1 Å². The highest BCUT2D eigenvalue weighted by Gasteiger charge is 2.31. The quantitative estimate of drug-likeness (QED) is 0.390. The molecule has 0 spiro atoms. The minimum Gasteiger partial charge on any atom is -0.0656 e. The van der Waals surface area contributed by atoms with Crippen LogP contribution in [0.4, 0.5) is 0 Å². The van der Waals surface area contributed by atoms with Crippen molar-refractivity contribution in [1.82, 2.24) is 0 Å². The van der Waals surface area contributed by atoms with Crippen LogP contribution in [0.15, 0.2) is 48.0 Å². The molecule has 4 rings (SSSR count). The molecule has 0 amide bonds. The summed E-state index contributed by atoms with van der Waals surface area (Å²) in [6.45, 7) is 9.69. The van der Waals surface area contributed by atoms with Gasteiger partial charge in [-0.1, -0.05) is 131 Å². The highest BCUT2D eigenvalue weighted by molar-refractivity contribution is 6.88. The molecule has 0 aromatic heterocycles. The van der Waals surface area contributed by atoms with Crippen LogP contribution in [0.25, 0.3) is 17.2 Å². The number of rotatable bonds is 6. The Balaban J connectivity index is 1.59. The Morgan fingerprint density at radius 3 is 2.09 bits per heavy atom. The second kappa shape index (κ2) is 10.1. The maximum Gasteiger partial charge on any atom is 0.0775 e. The van der Waals surface area contributed by atoms with Crippen molar-refractivity contribution in [3.63, 3.8) is 0 Å². The fraction of sp³-hybridized carbons (Fsp3) is 0.548. The van der Waals surface area contributed by atoms with Gasteiger partial charge in [-0.15, -0.1) is 0 Å². The highest BCUT2D eigenvalue weighted by atomic mass is 28.3. The molecule has 1 fully saturated rings. The first-order valence-corrected chi connectivity index (χ1v) is 16.8. The van der Waals surface area contributed by atoms with E-state index in [0.717, 1.165) is 0 Å². The lowest BCUT2D eigenvalue weighted by atomic mass is 9.70. The van der Waals surface area contributed by atoms with Crippen LogP contribution in [0.3, 0.4) is 0 Å². The molecule has 0 bridgehead atoms. The van der Waals surface area contributed by atoms with E-state index in [1.165, 1.54) is 93.7 Å². The van der Waals surface area contributed by atoms with Gasteiger partial charge in [0, 0.05) is 0 Å².